The summed E-state index contributed by atoms with van der Waals surface area (Å²) in [5, 5.41) is 0. The number of benzene rings is 1. The molecule has 8 heteroatoms. The first-order valence-corrected chi connectivity index (χ1v) is 4.93. The van der Waals surface area contributed by atoms with E-state index < -0.39 is 0 Å². The third-order valence-corrected chi connectivity index (χ3v) is 1.47. The zero-order valence-electron chi connectivity index (χ0n) is 12.8. The van der Waals surface area contributed by atoms with Gasteiger partial charge in [0, 0.05) is 28.2 Å². The van der Waals surface area contributed by atoms with Crippen LogP contribution in [0, 0.1) is 0 Å². The maximum atomic E-state index is 8.00. The summed E-state index contributed by atoms with van der Waals surface area (Å²) >= 11 is 0. The SMILES string of the molecule is C=O.C=O.C=O.C=O.C=O.COCc1ccc(OC)cc1.[W]. The Morgan fingerprint density at radius 1 is 0.727 bits per heavy atom. The number of ether oxygens (including phenoxy) is 2. The van der Waals surface area contributed by atoms with Gasteiger partial charge in [0.1, 0.15) is 39.7 Å². The monoisotopic (exact) mass is 486 g/mol. The van der Waals surface area contributed by atoms with Crippen LogP contribution in [0.25, 0.3) is 0 Å². The van der Waals surface area contributed by atoms with Crippen molar-refractivity contribution in [3.63, 3.8) is 0 Å². The third-order valence-electron chi connectivity index (χ3n) is 1.47. The van der Waals surface area contributed by atoms with E-state index in [0.29, 0.717) is 6.61 Å². The van der Waals surface area contributed by atoms with Gasteiger partial charge in [0.15, 0.2) is 0 Å². The molecule has 1 rings (SSSR count). The molecular formula is C14H22O7W. The Morgan fingerprint density at radius 3 is 1.27 bits per heavy atom. The zero-order valence-corrected chi connectivity index (χ0v) is 15.8. The Labute approximate surface area is 145 Å². The summed E-state index contributed by atoms with van der Waals surface area (Å²) in [7, 11) is 3.34. The van der Waals surface area contributed by atoms with Crippen molar-refractivity contribution in [2.45, 2.75) is 6.61 Å². The number of hydrogen-bond acceptors (Lipinski definition) is 7. The quantitative estimate of drug-likeness (QED) is 0.626. The molecule has 22 heavy (non-hydrogen) atoms. The molecule has 0 spiro atoms. The number of carbonyl (C=O) groups excluding carboxylic acids is 5. The average Bonchev–Trinajstić information content (AvgIpc) is 2.64. The smallest absolute Gasteiger partial charge is 0.118 e. The molecular weight excluding hydrogens is 464 g/mol. The number of rotatable bonds is 3. The molecule has 0 atom stereocenters. The molecule has 0 N–H and O–H groups in total. The van der Waals surface area contributed by atoms with Crippen LogP contribution in [0.1, 0.15) is 5.56 Å². The fourth-order valence-corrected chi connectivity index (χ4v) is 0.888. The predicted octanol–water partition coefficient (Wildman–Crippen LogP) is 0.915. The van der Waals surface area contributed by atoms with Crippen molar-refractivity contribution in [3.05, 3.63) is 29.8 Å². The molecule has 0 amide bonds. The van der Waals surface area contributed by atoms with E-state index in [1.165, 1.54) is 0 Å². The molecule has 0 radical (unpaired) electrons. The minimum atomic E-state index is 0. The van der Waals surface area contributed by atoms with Crippen LogP contribution in [0.3, 0.4) is 0 Å². The molecule has 1 aromatic carbocycles. The summed E-state index contributed by atoms with van der Waals surface area (Å²) in [6, 6.07) is 7.83. The van der Waals surface area contributed by atoms with Gasteiger partial charge in [0.25, 0.3) is 0 Å². The Balaban J connectivity index is -0.0000000500. The van der Waals surface area contributed by atoms with Crippen LogP contribution in [0.4, 0.5) is 0 Å². The van der Waals surface area contributed by atoms with Gasteiger partial charge in [0.2, 0.25) is 0 Å². The summed E-state index contributed by atoms with van der Waals surface area (Å²) < 4.78 is 9.97. The van der Waals surface area contributed by atoms with Gasteiger partial charge in [-0.25, -0.2) is 0 Å². The summed E-state index contributed by atoms with van der Waals surface area (Å²) in [4.78, 5) is 40.0. The summed E-state index contributed by atoms with van der Waals surface area (Å²) in [5.74, 6) is 0.879. The largest absolute Gasteiger partial charge is 0.497 e. The van der Waals surface area contributed by atoms with E-state index >= 15 is 0 Å². The second-order valence-corrected chi connectivity index (χ2v) is 2.28. The average molecular weight is 486 g/mol. The van der Waals surface area contributed by atoms with Crippen LogP contribution in [-0.4, -0.2) is 48.2 Å². The van der Waals surface area contributed by atoms with Gasteiger partial charge in [-0.05, 0) is 17.7 Å². The molecule has 0 saturated heterocycles. The Hall–Kier alpha value is -1.98. The number of methoxy groups -OCH3 is 2. The summed E-state index contributed by atoms with van der Waals surface area (Å²) in [5.41, 5.74) is 1.16. The molecule has 7 nitrogen and oxygen atoms in total. The first-order valence-electron chi connectivity index (χ1n) is 4.93. The van der Waals surface area contributed by atoms with Crippen molar-refractivity contribution in [1.82, 2.24) is 0 Å². The Kier molecular flexibility index (Phi) is 85.2. The minimum Gasteiger partial charge on any atom is -0.497 e. The molecule has 0 aromatic heterocycles. The molecule has 0 aliphatic carbocycles. The second kappa shape index (κ2) is 50.9. The van der Waals surface area contributed by atoms with Crippen LogP contribution < -0.4 is 4.74 Å². The molecule has 0 heterocycles. The fourth-order valence-electron chi connectivity index (χ4n) is 0.888. The first-order chi connectivity index (χ1) is 10.4. The molecule has 0 unspecified atom stereocenters. The van der Waals surface area contributed by atoms with Gasteiger partial charge < -0.3 is 33.4 Å². The van der Waals surface area contributed by atoms with E-state index in [1.54, 1.807) is 14.2 Å². The van der Waals surface area contributed by atoms with E-state index in [2.05, 4.69) is 0 Å². The van der Waals surface area contributed by atoms with Crippen molar-refractivity contribution < 1.29 is 54.5 Å². The maximum Gasteiger partial charge on any atom is 0.118 e. The van der Waals surface area contributed by atoms with Crippen LogP contribution >= 0.6 is 0 Å². The van der Waals surface area contributed by atoms with Crippen molar-refractivity contribution in [2.24, 2.45) is 0 Å². The minimum absolute atomic E-state index is 0. The number of hydrogen-bond donors (Lipinski definition) is 0. The van der Waals surface area contributed by atoms with Gasteiger partial charge in [-0.1, -0.05) is 12.1 Å². The van der Waals surface area contributed by atoms with Crippen LogP contribution in [0.5, 0.6) is 5.75 Å². The maximum absolute atomic E-state index is 8.00. The Bertz CT molecular complexity index is 271. The van der Waals surface area contributed by atoms with Crippen molar-refractivity contribution in [1.29, 1.82) is 0 Å². The van der Waals surface area contributed by atoms with E-state index in [0.717, 1.165) is 11.3 Å². The zero-order chi connectivity index (χ0) is 18.1. The standard InChI is InChI=1S/C9H12O2.5CH2O.W/c1-10-7-8-3-5-9(11-2)6-4-8;5*1-2;/h3-6H,7H2,1-2H3;5*1H2;. The topological polar surface area (TPSA) is 104 Å². The van der Waals surface area contributed by atoms with E-state index in [9.17, 15) is 0 Å². The normalized spacial score (nSPS) is 5.73. The van der Waals surface area contributed by atoms with Gasteiger partial charge in [-0.15, -0.1) is 0 Å². The third kappa shape index (κ3) is 30.8. The van der Waals surface area contributed by atoms with Gasteiger partial charge >= 0.3 is 0 Å². The van der Waals surface area contributed by atoms with Gasteiger partial charge in [-0.3, -0.25) is 0 Å². The summed E-state index contributed by atoms with van der Waals surface area (Å²) in [6.45, 7) is 10.7. The predicted molar refractivity (Wildman–Crippen MR) is 79.3 cm³/mol. The van der Waals surface area contributed by atoms with E-state index in [1.807, 2.05) is 58.2 Å². The molecule has 0 aliphatic heterocycles. The van der Waals surface area contributed by atoms with E-state index in [-0.39, 0.29) is 21.1 Å². The number of carbonyl (C=O) groups is 5. The van der Waals surface area contributed by atoms with Crippen LogP contribution in [-0.2, 0) is 56.4 Å². The van der Waals surface area contributed by atoms with E-state index in [4.69, 9.17) is 33.4 Å². The molecule has 126 valence electrons. The fraction of sp³-hybridized carbons (Fsp3) is 0.214. The molecule has 0 aliphatic rings. The molecule has 0 bridgehead atoms. The molecule has 0 saturated carbocycles. The second-order valence-electron chi connectivity index (χ2n) is 2.28. The van der Waals surface area contributed by atoms with Crippen molar-refractivity contribution in [2.75, 3.05) is 14.2 Å². The van der Waals surface area contributed by atoms with Crippen LogP contribution in [0.2, 0.25) is 0 Å². The Morgan fingerprint density at radius 2 is 1.05 bits per heavy atom. The summed E-state index contributed by atoms with van der Waals surface area (Å²) in [6.07, 6.45) is 0. The van der Waals surface area contributed by atoms with Crippen molar-refractivity contribution in [3.8, 4) is 5.75 Å². The van der Waals surface area contributed by atoms with Crippen LogP contribution in [0.15, 0.2) is 24.3 Å². The molecule has 1 aromatic rings. The van der Waals surface area contributed by atoms with Gasteiger partial charge in [-0.2, -0.15) is 0 Å². The van der Waals surface area contributed by atoms with Gasteiger partial charge in [0.05, 0.1) is 13.7 Å². The molecule has 0 fully saturated rings. The first kappa shape index (κ1) is 36.8. The van der Waals surface area contributed by atoms with Crippen molar-refractivity contribution >= 4 is 33.9 Å².